The van der Waals surface area contributed by atoms with Crippen LogP contribution in [0.5, 0.6) is 5.75 Å². The van der Waals surface area contributed by atoms with Crippen LogP contribution in [0.25, 0.3) is 0 Å². The van der Waals surface area contributed by atoms with Crippen LogP contribution in [0, 0.1) is 0 Å². The van der Waals surface area contributed by atoms with Crippen LogP contribution < -0.4 is 10.1 Å². The van der Waals surface area contributed by atoms with E-state index in [0.717, 1.165) is 5.56 Å². The molecule has 0 saturated heterocycles. The van der Waals surface area contributed by atoms with Crippen molar-refractivity contribution in [2.45, 2.75) is 33.0 Å². The summed E-state index contributed by atoms with van der Waals surface area (Å²) in [4.78, 5) is 11.4. The molecular formula is C14H19F2NO3. The fourth-order valence-electron chi connectivity index (χ4n) is 1.48. The zero-order chi connectivity index (χ0) is 15.0. The summed E-state index contributed by atoms with van der Waals surface area (Å²) in [6.07, 6.45) is 0.630. The molecule has 0 bridgehead atoms. The van der Waals surface area contributed by atoms with Gasteiger partial charge in [-0.2, -0.15) is 8.78 Å². The maximum atomic E-state index is 12.0. The molecule has 0 unspecified atom stereocenters. The molecule has 0 aliphatic heterocycles. The van der Waals surface area contributed by atoms with E-state index in [1.54, 1.807) is 12.1 Å². The van der Waals surface area contributed by atoms with Crippen molar-refractivity contribution >= 4 is 5.91 Å². The fourth-order valence-corrected chi connectivity index (χ4v) is 1.48. The van der Waals surface area contributed by atoms with Gasteiger partial charge in [-0.15, -0.1) is 0 Å². The van der Waals surface area contributed by atoms with Gasteiger partial charge in [0, 0.05) is 6.54 Å². The molecule has 0 fully saturated rings. The predicted molar refractivity (Wildman–Crippen MR) is 70.9 cm³/mol. The van der Waals surface area contributed by atoms with Crippen molar-refractivity contribution in [3.8, 4) is 5.75 Å². The Kier molecular flexibility index (Phi) is 6.93. The Morgan fingerprint density at radius 1 is 1.25 bits per heavy atom. The van der Waals surface area contributed by atoms with Crippen molar-refractivity contribution in [1.82, 2.24) is 5.32 Å². The highest BCUT2D eigenvalue weighted by atomic mass is 19.3. The summed E-state index contributed by atoms with van der Waals surface area (Å²) in [5.41, 5.74) is 0.927. The van der Waals surface area contributed by atoms with E-state index in [2.05, 4.69) is 10.1 Å². The third-order valence-electron chi connectivity index (χ3n) is 2.43. The van der Waals surface area contributed by atoms with Gasteiger partial charge in [-0.1, -0.05) is 12.1 Å². The third kappa shape index (κ3) is 7.04. The number of rotatable bonds is 8. The highest BCUT2D eigenvalue weighted by molar-refractivity contribution is 5.77. The van der Waals surface area contributed by atoms with E-state index < -0.39 is 6.61 Å². The summed E-state index contributed by atoms with van der Waals surface area (Å²) in [5, 5.41) is 2.72. The van der Waals surface area contributed by atoms with Crippen LogP contribution in [0.4, 0.5) is 8.78 Å². The molecule has 0 atom stereocenters. The Labute approximate surface area is 117 Å². The van der Waals surface area contributed by atoms with E-state index in [-0.39, 0.29) is 24.4 Å². The number of halogens is 2. The molecule has 1 N–H and O–H groups in total. The molecule has 1 amide bonds. The second kappa shape index (κ2) is 8.47. The maximum absolute atomic E-state index is 12.0. The smallest absolute Gasteiger partial charge is 0.387 e. The van der Waals surface area contributed by atoms with Crippen LogP contribution in [0.2, 0.25) is 0 Å². The number of carbonyl (C=O) groups is 1. The lowest BCUT2D eigenvalue weighted by atomic mass is 10.1. The van der Waals surface area contributed by atoms with Crippen molar-refractivity contribution in [3.05, 3.63) is 29.8 Å². The van der Waals surface area contributed by atoms with Crippen molar-refractivity contribution in [2.75, 3.05) is 13.2 Å². The van der Waals surface area contributed by atoms with Crippen molar-refractivity contribution < 1.29 is 23.0 Å². The molecule has 20 heavy (non-hydrogen) atoms. The first-order chi connectivity index (χ1) is 9.47. The number of hydrogen-bond acceptors (Lipinski definition) is 3. The summed E-state index contributed by atoms with van der Waals surface area (Å²) < 4.78 is 33.3. The SMILES string of the molecule is CC(C)OCC(=O)NCCc1ccc(OC(F)F)cc1. The lowest BCUT2D eigenvalue weighted by Crippen LogP contribution is -2.30. The first kappa shape index (κ1) is 16.4. The summed E-state index contributed by atoms with van der Waals surface area (Å²) in [6.45, 7) is 1.40. The number of ether oxygens (including phenoxy) is 2. The zero-order valence-electron chi connectivity index (χ0n) is 11.6. The summed E-state index contributed by atoms with van der Waals surface area (Å²) in [6, 6.07) is 6.33. The van der Waals surface area contributed by atoms with Gasteiger partial charge in [0.2, 0.25) is 5.91 Å². The van der Waals surface area contributed by atoms with Gasteiger partial charge in [0.05, 0.1) is 6.10 Å². The Morgan fingerprint density at radius 2 is 1.90 bits per heavy atom. The van der Waals surface area contributed by atoms with Gasteiger partial charge in [-0.3, -0.25) is 4.79 Å². The van der Waals surface area contributed by atoms with Crippen LogP contribution in [0.3, 0.4) is 0 Å². The molecule has 0 heterocycles. The molecule has 1 aromatic carbocycles. The average molecular weight is 287 g/mol. The Balaban J connectivity index is 2.26. The molecule has 0 radical (unpaired) electrons. The van der Waals surface area contributed by atoms with Gasteiger partial charge in [-0.05, 0) is 38.0 Å². The van der Waals surface area contributed by atoms with Gasteiger partial charge in [0.15, 0.2) is 0 Å². The van der Waals surface area contributed by atoms with Crippen LogP contribution in [0.15, 0.2) is 24.3 Å². The molecule has 0 aliphatic rings. The molecule has 112 valence electrons. The first-order valence-electron chi connectivity index (χ1n) is 6.39. The van der Waals surface area contributed by atoms with E-state index in [4.69, 9.17) is 4.74 Å². The lowest BCUT2D eigenvalue weighted by molar-refractivity contribution is -0.127. The molecule has 1 aromatic rings. The standard InChI is InChI=1S/C14H19F2NO3/c1-10(2)19-9-13(18)17-8-7-11-3-5-12(6-4-11)20-14(15)16/h3-6,10,14H,7-9H2,1-2H3,(H,17,18). The largest absolute Gasteiger partial charge is 0.435 e. The van der Waals surface area contributed by atoms with Gasteiger partial charge < -0.3 is 14.8 Å². The highest BCUT2D eigenvalue weighted by Crippen LogP contribution is 2.14. The quantitative estimate of drug-likeness (QED) is 0.798. The minimum atomic E-state index is -2.82. The van der Waals surface area contributed by atoms with Gasteiger partial charge in [-0.25, -0.2) is 0 Å². The summed E-state index contributed by atoms with van der Waals surface area (Å²) in [7, 11) is 0. The van der Waals surface area contributed by atoms with Crippen molar-refractivity contribution in [3.63, 3.8) is 0 Å². The van der Waals surface area contributed by atoms with Crippen LogP contribution >= 0.6 is 0 Å². The monoisotopic (exact) mass is 287 g/mol. The number of benzene rings is 1. The van der Waals surface area contributed by atoms with E-state index in [9.17, 15) is 13.6 Å². The molecule has 4 nitrogen and oxygen atoms in total. The normalized spacial score (nSPS) is 10.9. The number of alkyl halides is 2. The van der Waals surface area contributed by atoms with E-state index in [1.165, 1.54) is 12.1 Å². The molecule has 0 aromatic heterocycles. The minimum Gasteiger partial charge on any atom is -0.435 e. The molecular weight excluding hydrogens is 268 g/mol. The highest BCUT2D eigenvalue weighted by Gasteiger charge is 2.05. The molecule has 1 rings (SSSR count). The minimum absolute atomic E-state index is 0.0168. The summed E-state index contributed by atoms with van der Waals surface area (Å²) in [5.74, 6) is -0.0468. The van der Waals surface area contributed by atoms with Gasteiger partial charge in [0.1, 0.15) is 12.4 Å². The van der Waals surface area contributed by atoms with E-state index >= 15 is 0 Å². The van der Waals surface area contributed by atoms with Crippen molar-refractivity contribution in [1.29, 1.82) is 0 Å². The summed E-state index contributed by atoms with van der Waals surface area (Å²) >= 11 is 0. The molecule has 6 heteroatoms. The van der Waals surface area contributed by atoms with Crippen LogP contribution in [-0.2, 0) is 16.0 Å². The number of amides is 1. The Hall–Kier alpha value is -1.69. The van der Waals surface area contributed by atoms with Crippen LogP contribution in [-0.4, -0.2) is 31.8 Å². The number of nitrogens with one attached hydrogen (secondary N) is 1. The maximum Gasteiger partial charge on any atom is 0.387 e. The first-order valence-corrected chi connectivity index (χ1v) is 6.39. The third-order valence-corrected chi connectivity index (χ3v) is 2.43. The second-order valence-electron chi connectivity index (χ2n) is 4.48. The number of carbonyl (C=O) groups excluding carboxylic acids is 1. The Morgan fingerprint density at radius 3 is 2.45 bits per heavy atom. The van der Waals surface area contributed by atoms with E-state index in [0.29, 0.717) is 13.0 Å². The zero-order valence-corrected chi connectivity index (χ0v) is 11.6. The van der Waals surface area contributed by atoms with Gasteiger partial charge in [0.25, 0.3) is 0 Å². The van der Waals surface area contributed by atoms with Crippen molar-refractivity contribution in [2.24, 2.45) is 0 Å². The predicted octanol–water partition coefficient (Wildman–Crippen LogP) is 2.37. The molecule has 0 aliphatic carbocycles. The van der Waals surface area contributed by atoms with Gasteiger partial charge >= 0.3 is 6.61 Å². The number of hydrogen-bond donors (Lipinski definition) is 1. The van der Waals surface area contributed by atoms with E-state index in [1.807, 2.05) is 13.8 Å². The average Bonchev–Trinajstić information content (AvgIpc) is 2.38. The Bertz CT molecular complexity index is 407. The fraction of sp³-hybridized carbons (Fsp3) is 0.500. The van der Waals surface area contributed by atoms with Crippen LogP contribution in [0.1, 0.15) is 19.4 Å². The topological polar surface area (TPSA) is 47.6 Å². The molecule has 0 spiro atoms. The molecule has 0 saturated carbocycles. The second-order valence-corrected chi connectivity index (χ2v) is 4.48. The lowest BCUT2D eigenvalue weighted by Gasteiger charge is -2.09.